The molecule has 8 nitrogen and oxygen atoms in total. The summed E-state index contributed by atoms with van der Waals surface area (Å²) in [4.78, 5) is 13.3. The number of nitrogens with zero attached hydrogens (tertiary/aromatic N) is 3. The number of likely N-dealkylation sites (N-methyl/N-ethyl adjacent to an activating group) is 1. The van der Waals surface area contributed by atoms with Crippen LogP contribution in [0.15, 0.2) is 0 Å². The van der Waals surface area contributed by atoms with Gasteiger partial charge in [-0.2, -0.15) is 9.57 Å². The van der Waals surface area contributed by atoms with Crippen molar-refractivity contribution in [2.75, 3.05) is 25.9 Å². The predicted molar refractivity (Wildman–Crippen MR) is 84.0 cm³/mol. The van der Waals surface area contributed by atoms with Crippen LogP contribution in [-0.2, 0) is 14.8 Å². The molecule has 2 atom stereocenters. The van der Waals surface area contributed by atoms with E-state index in [4.69, 9.17) is 10.00 Å². The first-order valence-electron chi connectivity index (χ1n) is 7.46. The van der Waals surface area contributed by atoms with Gasteiger partial charge < -0.3 is 14.7 Å². The van der Waals surface area contributed by atoms with E-state index in [1.807, 2.05) is 6.07 Å². The lowest BCUT2D eigenvalue weighted by atomic mass is 10.2. The number of carbonyl (C=O) groups excluding carboxylic acids is 1. The second-order valence-electron chi connectivity index (χ2n) is 6.61. The van der Waals surface area contributed by atoms with Crippen LogP contribution in [0, 0.1) is 11.3 Å². The molecule has 1 saturated heterocycles. The molecule has 0 aromatic rings. The average molecular weight is 347 g/mol. The molecule has 1 fully saturated rings. The molecule has 1 aliphatic rings. The van der Waals surface area contributed by atoms with Crippen molar-refractivity contribution in [1.29, 1.82) is 5.26 Å². The predicted octanol–water partition coefficient (Wildman–Crippen LogP) is 0.532. The Morgan fingerprint density at radius 1 is 1.43 bits per heavy atom. The summed E-state index contributed by atoms with van der Waals surface area (Å²) in [6.07, 6.45) is -1.15. The Bertz CT molecular complexity index is 564. The molecule has 0 aromatic heterocycles. The molecular formula is C14H25N3O5S. The van der Waals surface area contributed by atoms with Crippen LogP contribution in [0.3, 0.4) is 0 Å². The minimum atomic E-state index is -3.59. The van der Waals surface area contributed by atoms with Crippen LogP contribution in [0.4, 0.5) is 4.79 Å². The first-order valence-corrected chi connectivity index (χ1v) is 9.07. The lowest BCUT2D eigenvalue weighted by molar-refractivity contribution is 0.0269. The number of amides is 1. The summed E-state index contributed by atoms with van der Waals surface area (Å²) in [6.45, 7) is 5.31. The molecule has 132 valence electrons. The normalized spacial score (nSPS) is 22.2. The molecule has 1 amide bonds. The molecule has 0 saturated carbocycles. The van der Waals surface area contributed by atoms with Gasteiger partial charge in [-0.3, -0.25) is 0 Å². The summed E-state index contributed by atoms with van der Waals surface area (Å²) < 4.78 is 30.8. The molecule has 0 bridgehead atoms. The molecule has 1 aliphatic heterocycles. The van der Waals surface area contributed by atoms with Crippen LogP contribution < -0.4 is 0 Å². The van der Waals surface area contributed by atoms with Crippen LogP contribution in [0.5, 0.6) is 0 Å². The summed E-state index contributed by atoms with van der Waals surface area (Å²) in [5, 5.41) is 18.6. The van der Waals surface area contributed by atoms with Crippen molar-refractivity contribution in [1.82, 2.24) is 9.21 Å². The Kier molecular flexibility index (Phi) is 6.39. The van der Waals surface area contributed by atoms with Crippen LogP contribution >= 0.6 is 0 Å². The van der Waals surface area contributed by atoms with E-state index < -0.39 is 33.9 Å². The summed E-state index contributed by atoms with van der Waals surface area (Å²) in [5.41, 5.74) is -0.657. The molecule has 0 aromatic carbocycles. The quantitative estimate of drug-likeness (QED) is 0.726. The van der Waals surface area contributed by atoms with E-state index in [0.717, 1.165) is 4.31 Å². The fourth-order valence-corrected chi connectivity index (χ4v) is 3.70. The summed E-state index contributed by atoms with van der Waals surface area (Å²) in [7, 11) is -2.21. The number of sulfonamides is 1. The van der Waals surface area contributed by atoms with Gasteiger partial charge in [0.05, 0.1) is 30.5 Å². The largest absolute Gasteiger partial charge is 0.444 e. The number of unbranched alkanes of at least 4 members (excludes halogenated alkanes) is 1. The second-order valence-corrected chi connectivity index (χ2v) is 8.76. The third kappa shape index (κ3) is 5.64. The van der Waals surface area contributed by atoms with Crippen molar-refractivity contribution in [3.63, 3.8) is 0 Å². The number of carbonyl (C=O) groups is 1. The van der Waals surface area contributed by atoms with Crippen molar-refractivity contribution in [3.8, 4) is 6.07 Å². The molecule has 0 aliphatic carbocycles. The summed E-state index contributed by atoms with van der Waals surface area (Å²) in [5.74, 6) is -0.160. The fraction of sp³-hybridized carbons (Fsp3) is 0.857. The first-order chi connectivity index (χ1) is 10.5. The van der Waals surface area contributed by atoms with Gasteiger partial charge in [0.25, 0.3) is 0 Å². The zero-order chi connectivity index (χ0) is 17.8. The number of likely N-dealkylation sites (tertiary alicyclic amines) is 1. The maximum absolute atomic E-state index is 12.2. The van der Waals surface area contributed by atoms with Gasteiger partial charge in [-0.1, -0.05) is 0 Å². The number of hydrogen-bond acceptors (Lipinski definition) is 6. The Balaban J connectivity index is 2.71. The molecule has 0 unspecified atom stereocenters. The number of ether oxygens (including phenoxy) is 1. The van der Waals surface area contributed by atoms with Crippen molar-refractivity contribution in [3.05, 3.63) is 0 Å². The topological polar surface area (TPSA) is 111 Å². The van der Waals surface area contributed by atoms with Gasteiger partial charge in [-0.05, 0) is 27.2 Å². The third-order valence-corrected chi connectivity index (χ3v) is 5.46. The van der Waals surface area contributed by atoms with E-state index >= 15 is 0 Å². The molecule has 0 radical (unpaired) electrons. The lowest BCUT2D eigenvalue weighted by Crippen LogP contribution is -2.45. The Hall–Kier alpha value is -1.37. The van der Waals surface area contributed by atoms with Crippen LogP contribution in [-0.4, -0.2) is 72.5 Å². The third-order valence-electron chi connectivity index (χ3n) is 3.51. The smallest absolute Gasteiger partial charge is 0.410 e. The highest BCUT2D eigenvalue weighted by atomic mass is 32.2. The maximum Gasteiger partial charge on any atom is 0.410 e. The number of hydrogen-bond donors (Lipinski definition) is 1. The van der Waals surface area contributed by atoms with Crippen LogP contribution in [0.25, 0.3) is 0 Å². The second kappa shape index (κ2) is 7.47. The number of nitriles is 1. The monoisotopic (exact) mass is 347 g/mol. The average Bonchev–Trinajstić information content (AvgIpc) is 2.78. The molecule has 23 heavy (non-hydrogen) atoms. The van der Waals surface area contributed by atoms with E-state index in [2.05, 4.69) is 0 Å². The lowest BCUT2D eigenvalue weighted by Gasteiger charge is -2.26. The highest BCUT2D eigenvalue weighted by Gasteiger charge is 2.41. The minimum Gasteiger partial charge on any atom is -0.444 e. The summed E-state index contributed by atoms with van der Waals surface area (Å²) >= 11 is 0. The van der Waals surface area contributed by atoms with Gasteiger partial charge in [0, 0.05) is 20.0 Å². The standard InChI is InChI=1S/C14H25N3O5S/c1-14(2,3)22-13(19)17-9-11(12(18)10-17)16(4)23(20,21)8-6-5-7-15/h11-12,18H,5-6,8-10H2,1-4H3/t11-,12-/m0/s1. The minimum absolute atomic E-state index is 0.0254. The number of aliphatic hydroxyl groups is 1. The highest BCUT2D eigenvalue weighted by Crippen LogP contribution is 2.21. The first kappa shape index (κ1) is 19.7. The number of β-amino-alcohol motifs (C(OH)–C–C–N with tert-alkyl or cyclic N) is 1. The Morgan fingerprint density at radius 3 is 2.57 bits per heavy atom. The molecule has 9 heteroatoms. The maximum atomic E-state index is 12.2. The fourth-order valence-electron chi connectivity index (χ4n) is 2.29. The van der Waals surface area contributed by atoms with Crippen molar-refractivity contribution in [2.24, 2.45) is 0 Å². The zero-order valence-electron chi connectivity index (χ0n) is 14.0. The van der Waals surface area contributed by atoms with Gasteiger partial charge in [0.2, 0.25) is 10.0 Å². The van der Waals surface area contributed by atoms with Crippen molar-refractivity contribution >= 4 is 16.1 Å². The van der Waals surface area contributed by atoms with Crippen LogP contribution in [0.1, 0.15) is 33.6 Å². The Morgan fingerprint density at radius 2 is 2.04 bits per heavy atom. The molecular weight excluding hydrogens is 322 g/mol. The Labute approximate surface area is 137 Å². The van der Waals surface area contributed by atoms with E-state index in [-0.39, 0.29) is 31.7 Å². The molecule has 1 heterocycles. The van der Waals surface area contributed by atoms with Crippen molar-refractivity contribution < 1.29 is 23.1 Å². The highest BCUT2D eigenvalue weighted by molar-refractivity contribution is 7.89. The van der Waals surface area contributed by atoms with E-state index in [0.29, 0.717) is 0 Å². The van der Waals surface area contributed by atoms with Crippen molar-refractivity contribution in [2.45, 2.75) is 51.4 Å². The SMILES string of the molecule is CN([C@H]1CN(C(=O)OC(C)(C)C)C[C@@H]1O)S(=O)(=O)CCCC#N. The van der Waals surface area contributed by atoms with Gasteiger partial charge in [0.1, 0.15) is 5.60 Å². The van der Waals surface area contributed by atoms with Crippen LogP contribution in [0.2, 0.25) is 0 Å². The molecule has 1 rings (SSSR count). The number of rotatable bonds is 5. The van der Waals surface area contributed by atoms with Gasteiger partial charge in [0.15, 0.2) is 0 Å². The number of aliphatic hydroxyl groups excluding tert-OH is 1. The molecule has 0 spiro atoms. The zero-order valence-corrected chi connectivity index (χ0v) is 14.8. The van der Waals surface area contributed by atoms with E-state index in [1.54, 1.807) is 20.8 Å². The van der Waals surface area contributed by atoms with Gasteiger partial charge >= 0.3 is 6.09 Å². The molecule has 1 N–H and O–H groups in total. The summed E-state index contributed by atoms with van der Waals surface area (Å²) in [6, 6.07) is 1.19. The van der Waals surface area contributed by atoms with E-state index in [9.17, 15) is 18.3 Å². The van der Waals surface area contributed by atoms with Gasteiger partial charge in [-0.25, -0.2) is 13.2 Å². The van der Waals surface area contributed by atoms with E-state index in [1.165, 1.54) is 11.9 Å². The van der Waals surface area contributed by atoms with Gasteiger partial charge in [-0.15, -0.1) is 0 Å².